The first-order valence-corrected chi connectivity index (χ1v) is 19.8. The Bertz CT molecular complexity index is 1990. The fourth-order valence-electron chi connectivity index (χ4n) is 7.64. The Morgan fingerprint density at radius 2 is 1.80 bits per heavy atom. The van der Waals surface area contributed by atoms with Gasteiger partial charge in [-0.25, -0.2) is 9.19 Å². The molecule has 1 N–H and O–H groups in total. The largest absolute Gasteiger partial charge is 0.493 e. The molecule has 1 aromatic carbocycles. The number of pyridine rings is 2. The van der Waals surface area contributed by atoms with E-state index in [-0.39, 0.29) is 11.8 Å². The number of ether oxygens (including phenoxy) is 1. The van der Waals surface area contributed by atoms with Gasteiger partial charge in [0.1, 0.15) is 5.75 Å². The van der Waals surface area contributed by atoms with Crippen molar-refractivity contribution in [1.82, 2.24) is 24.4 Å². The minimum Gasteiger partial charge on any atom is -0.493 e. The first kappa shape index (κ1) is 33.5. The van der Waals surface area contributed by atoms with Crippen LogP contribution in [0.25, 0.3) is 22.3 Å². The summed E-state index contributed by atoms with van der Waals surface area (Å²) in [5.74, 6) is 1.20. The Hall–Kier alpha value is -4.03. The summed E-state index contributed by atoms with van der Waals surface area (Å²) in [5, 5.41) is 3.14. The van der Waals surface area contributed by atoms with E-state index in [0.29, 0.717) is 58.4 Å². The molecule has 7 rings (SSSR count). The number of hydrogen-bond donors (Lipinski definition) is 1. The maximum atomic E-state index is 13.9. The van der Waals surface area contributed by atoms with Crippen molar-refractivity contribution in [2.75, 3.05) is 62.6 Å². The standard InChI is InChI=1S/C37H48N8O3S/c1-25-7-6-18-48-34-8-13-38-23-28(34)29-20-27(19-26(2)39-29)35(46)41-36-40-30-21-31(42-49(4,5)47)32(22-33(30)45(36)24-25)44-16-11-37(12-17-44)9-14-43(3)15-10-37/h8,13,19-23,25H,6-7,9-12,14-18,24H2,1-5H3,(H,40,41,46)/t25-/m1/s1. The number of nitrogens with one attached hydrogen (secondary N) is 1. The molecule has 49 heavy (non-hydrogen) atoms. The normalized spacial score (nSPS) is 20.5. The average molecular weight is 685 g/mol. The average Bonchev–Trinajstić information content (AvgIpc) is 3.38. The van der Waals surface area contributed by atoms with Gasteiger partial charge in [0.15, 0.2) is 0 Å². The van der Waals surface area contributed by atoms with Gasteiger partial charge in [0, 0.05) is 65.5 Å². The number of rotatable bonds is 2. The number of aromatic nitrogens is 4. The summed E-state index contributed by atoms with van der Waals surface area (Å²) < 4.78 is 26.2. The van der Waals surface area contributed by atoms with Gasteiger partial charge in [0.05, 0.1) is 40.3 Å². The van der Waals surface area contributed by atoms with E-state index in [1.165, 1.54) is 12.8 Å². The quantitative estimate of drug-likeness (QED) is 0.253. The highest BCUT2D eigenvalue weighted by Crippen LogP contribution is 2.44. The SMILES string of the molecule is Cc1cc2cc(n1)-c1cnccc1OCCC[C@@H](C)Cn1c(nc3cc(N=S(C)(C)=O)c(N4CCC5(CCN(C)CC5)CC4)cc31)NC2=O. The van der Waals surface area contributed by atoms with Gasteiger partial charge in [-0.05, 0) is 107 Å². The molecule has 2 bridgehead atoms. The van der Waals surface area contributed by atoms with Crippen molar-refractivity contribution in [2.24, 2.45) is 15.7 Å². The van der Waals surface area contributed by atoms with Gasteiger partial charge >= 0.3 is 0 Å². The Morgan fingerprint density at radius 3 is 2.55 bits per heavy atom. The van der Waals surface area contributed by atoms with E-state index in [2.05, 4.69) is 44.7 Å². The highest BCUT2D eigenvalue weighted by Gasteiger charge is 2.37. The third kappa shape index (κ3) is 7.30. The fourth-order valence-corrected chi connectivity index (χ4v) is 8.26. The number of carbonyl (C=O) groups excluding carboxylic acids is 1. The van der Waals surface area contributed by atoms with E-state index >= 15 is 0 Å². The summed E-state index contributed by atoms with van der Waals surface area (Å²) in [6.45, 7) is 9.50. The van der Waals surface area contributed by atoms with Crippen molar-refractivity contribution in [3.63, 3.8) is 0 Å². The van der Waals surface area contributed by atoms with Gasteiger partial charge in [-0.3, -0.25) is 20.1 Å². The van der Waals surface area contributed by atoms with Crippen LogP contribution in [0.15, 0.2) is 47.1 Å². The maximum absolute atomic E-state index is 13.9. The molecule has 1 atom stereocenters. The molecule has 2 fully saturated rings. The number of hydrogen-bond acceptors (Lipinski definition) is 9. The van der Waals surface area contributed by atoms with E-state index < -0.39 is 9.73 Å². The number of imidazole rings is 1. The molecule has 3 aromatic heterocycles. The van der Waals surface area contributed by atoms with E-state index in [1.54, 1.807) is 37.0 Å². The summed E-state index contributed by atoms with van der Waals surface area (Å²) >= 11 is 0. The molecule has 6 heterocycles. The molecule has 12 heteroatoms. The van der Waals surface area contributed by atoms with Crippen molar-refractivity contribution < 1.29 is 13.7 Å². The molecule has 4 aromatic rings. The molecule has 0 unspecified atom stereocenters. The van der Waals surface area contributed by atoms with Gasteiger partial charge in [0.2, 0.25) is 5.95 Å². The molecular formula is C37H48N8O3S. The van der Waals surface area contributed by atoms with Gasteiger partial charge in [-0.1, -0.05) is 6.92 Å². The van der Waals surface area contributed by atoms with Crippen LogP contribution in [-0.4, -0.2) is 86.9 Å². The monoisotopic (exact) mass is 684 g/mol. The smallest absolute Gasteiger partial charge is 0.258 e. The summed E-state index contributed by atoms with van der Waals surface area (Å²) in [4.78, 5) is 32.8. The van der Waals surface area contributed by atoms with Gasteiger partial charge in [-0.2, -0.15) is 4.36 Å². The molecule has 3 aliphatic heterocycles. The molecule has 0 radical (unpaired) electrons. The van der Waals surface area contributed by atoms with Crippen molar-refractivity contribution in [1.29, 1.82) is 0 Å². The predicted molar refractivity (Wildman–Crippen MR) is 196 cm³/mol. The van der Waals surface area contributed by atoms with E-state index in [9.17, 15) is 9.00 Å². The highest BCUT2D eigenvalue weighted by molar-refractivity contribution is 7.92. The number of nitrogens with zero attached hydrogens (tertiary/aromatic N) is 7. The van der Waals surface area contributed by atoms with Crippen LogP contribution in [0.4, 0.5) is 17.3 Å². The Kier molecular flexibility index (Phi) is 9.12. The number of anilines is 2. The lowest BCUT2D eigenvalue weighted by Crippen LogP contribution is -2.46. The van der Waals surface area contributed by atoms with Crippen LogP contribution in [0.1, 0.15) is 61.5 Å². The van der Waals surface area contributed by atoms with Crippen molar-refractivity contribution in [3.05, 3.63) is 54.0 Å². The van der Waals surface area contributed by atoms with E-state index in [4.69, 9.17) is 19.1 Å². The second-order valence-corrected chi connectivity index (χ2v) is 17.3. The minimum atomic E-state index is -2.44. The van der Waals surface area contributed by atoms with Crippen LogP contribution in [-0.2, 0) is 16.3 Å². The zero-order valence-electron chi connectivity index (χ0n) is 29.4. The lowest BCUT2D eigenvalue weighted by atomic mass is 9.71. The van der Waals surface area contributed by atoms with Crippen LogP contribution in [0, 0.1) is 18.3 Å². The molecular weight excluding hydrogens is 637 g/mol. The van der Waals surface area contributed by atoms with Crippen LogP contribution < -0.4 is 15.0 Å². The molecule has 2 saturated heterocycles. The van der Waals surface area contributed by atoms with Crippen LogP contribution in [0.5, 0.6) is 5.75 Å². The van der Waals surface area contributed by atoms with Crippen molar-refractivity contribution >= 4 is 44.0 Å². The predicted octanol–water partition coefficient (Wildman–Crippen LogP) is 6.53. The summed E-state index contributed by atoms with van der Waals surface area (Å²) in [6, 6.07) is 9.54. The number of benzene rings is 1. The number of carbonyl (C=O) groups is 1. The lowest BCUT2D eigenvalue weighted by molar-refractivity contribution is 0.0945. The molecule has 1 amide bonds. The zero-order chi connectivity index (χ0) is 34.3. The molecule has 0 saturated carbocycles. The lowest BCUT2D eigenvalue weighted by Gasteiger charge is -2.47. The molecule has 1 spiro atoms. The topological polar surface area (TPSA) is 118 Å². The summed E-state index contributed by atoms with van der Waals surface area (Å²) in [6.07, 6.45) is 13.4. The number of aryl methyl sites for hydroxylation is 1. The minimum absolute atomic E-state index is 0.271. The van der Waals surface area contributed by atoms with Gasteiger partial charge in [-0.15, -0.1) is 0 Å². The van der Waals surface area contributed by atoms with Gasteiger partial charge in [0.25, 0.3) is 5.91 Å². The van der Waals surface area contributed by atoms with Crippen LogP contribution in [0.3, 0.4) is 0 Å². The second kappa shape index (κ2) is 13.4. The van der Waals surface area contributed by atoms with Crippen molar-refractivity contribution in [3.8, 4) is 17.0 Å². The first-order valence-electron chi connectivity index (χ1n) is 17.5. The second-order valence-electron chi connectivity index (χ2n) is 14.7. The van der Waals surface area contributed by atoms with Crippen LogP contribution in [0.2, 0.25) is 0 Å². The Balaban J connectivity index is 1.29. The number of likely N-dealkylation sites (tertiary alicyclic amines) is 1. The molecule has 3 aliphatic rings. The number of fused-ring (bicyclic) bond motifs is 7. The first-order chi connectivity index (χ1) is 23.5. The van der Waals surface area contributed by atoms with E-state index in [0.717, 1.165) is 68.6 Å². The number of piperidine rings is 2. The molecule has 0 aliphatic carbocycles. The summed E-state index contributed by atoms with van der Waals surface area (Å²) in [7, 11) is -0.221. The third-order valence-electron chi connectivity index (χ3n) is 10.5. The van der Waals surface area contributed by atoms with E-state index in [1.807, 2.05) is 19.1 Å². The Morgan fingerprint density at radius 1 is 1.04 bits per heavy atom. The zero-order valence-corrected chi connectivity index (χ0v) is 30.2. The summed E-state index contributed by atoms with van der Waals surface area (Å²) in [5.41, 5.74) is 6.30. The van der Waals surface area contributed by atoms with Gasteiger partial charge < -0.3 is 19.1 Å². The fraction of sp³-hybridized carbons (Fsp3) is 0.514. The maximum Gasteiger partial charge on any atom is 0.258 e. The Labute approximate surface area is 289 Å². The highest BCUT2D eigenvalue weighted by atomic mass is 32.2. The molecule has 260 valence electrons. The molecule has 11 nitrogen and oxygen atoms in total. The number of amides is 1. The third-order valence-corrected chi connectivity index (χ3v) is 11.1. The van der Waals surface area contributed by atoms with Crippen molar-refractivity contribution in [2.45, 2.75) is 58.9 Å². The van der Waals surface area contributed by atoms with Crippen LogP contribution >= 0.6 is 0 Å².